The fourth-order valence-corrected chi connectivity index (χ4v) is 3.51. The van der Waals surface area contributed by atoms with Gasteiger partial charge >= 0.3 is 0 Å². The first-order chi connectivity index (χ1) is 9.72. The highest BCUT2D eigenvalue weighted by Crippen LogP contribution is 2.33. The van der Waals surface area contributed by atoms with E-state index in [0.29, 0.717) is 6.04 Å². The molecule has 1 N–H and O–H groups in total. The average Bonchev–Trinajstić information content (AvgIpc) is 2.48. The Labute approximate surface area is 136 Å². The smallest absolute Gasteiger partial charge is 0.0454 e. The molecule has 112 valence electrons. The van der Waals surface area contributed by atoms with Gasteiger partial charge in [0.15, 0.2) is 0 Å². The zero-order valence-electron chi connectivity index (χ0n) is 12.2. The maximum atomic E-state index is 6.46. The quantitative estimate of drug-likeness (QED) is 0.745. The number of nitrogens with zero attached hydrogens (tertiary/aromatic N) is 1. The predicted molar refractivity (Wildman–Crippen MR) is 90.5 cm³/mol. The van der Waals surface area contributed by atoms with Crippen LogP contribution < -0.4 is 5.32 Å². The first-order valence-corrected chi connectivity index (χ1v) is 8.79. The third kappa shape index (κ3) is 4.45. The van der Waals surface area contributed by atoms with Crippen molar-refractivity contribution >= 4 is 27.5 Å². The lowest BCUT2D eigenvalue weighted by Crippen LogP contribution is -2.45. The molecule has 1 saturated heterocycles. The molecular weight excluding hydrogens is 336 g/mol. The molecule has 1 aromatic rings. The van der Waals surface area contributed by atoms with Crippen molar-refractivity contribution in [3.63, 3.8) is 0 Å². The van der Waals surface area contributed by atoms with Crippen molar-refractivity contribution in [2.75, 3.05) is 26.2 Å². The van der Waals surface area contributed by atoms with E-state index < -0.39 is 0 Å². The molecule has 4 heteroatoms. The van der Waals surface area contributed by atoms with Crippen LogP contribution in [-0.2, 0) is 0 Å². The molecule has 2 nitrogen and oxygen atoms in total. The highest BCUT2D eigenvalue weighted by molar-refractivity contribution is 9.10. The Morgan fingerprint density at radius 1 is 1.30 bits per heavy atom. The summed E-state index contributed by atoms with van der Waals surface area (Å²) in [5.74, 6) is 0. The molecule has 20 heavy (non-hydrogen) atoms. The van der Waals surface area contributed by atoms with Gasteiger partial charge in [-0.1, -0.05) is 53.7 Å². The molecule has 0 amide bonds. The van der Waals surface area contributed by atoms with Gasteiger partial charge in [0.25, 0.3) is 0 Å². The van der Waals surface area contributed by atoms with Crippen LogP contribution in [0.3, 0.4) is 0 Å². The van der Waals surface area contributed by atoms with Crippen molar-refractivity contribution in [2.45, 2.75) is 38.6 Å². The third-order valence-corrected chi connectivity index (χ3v) is 4.83. The molecule has 1 aliphatic heterocycles. The van der Waals surface area contributed by atoms with Crippen LogP contribution in [0, 0.1) is 0 Å². The van der Waals surface area contributed by atoms with E-state index in [9.17, 15) is 0 Å². The Hall–Kier alpha value is -0.0900. The van der Waals surface area contributed by atoms with E-state index in [0.717, 1.165) is 35.7 Å². The third-order valence-electron chi connectivity index (χ3n) is 3.99. The van der Waals surface area contributed by atoms with E-state index >= 15 is 0 Å². The van der Waals surface area contributed by atoms with Gasteiger partial charge in [0.1, 0.15) is 0 Å². The summed E-state index contributed by atoms with van der Waals surface area (Å²) in [6, 6.07) is 6.68. The van der Waals surface area contributed by atoms with E-state index in [4.69, 9.17) is 11.6 Å². The molecule has 1 atom stereocenters. The lowest BCUT2D eigenvalue weighted by atomic mass is 9.98. The molecule has 0 unspecified atom stereocenters. The molecule has 1 aliphatic rings. The first-order valence-electron chi connectivity index (χ1n) is 7.62. The Morgan fingerprint density at radius 2 is 2.05 bits per heavy atom. The molecule has 2 rings (SSSR count). The van der Waals surface area contributed by atoms with Crippen molar-refractivity contribution in [3.05, 3.63) is 33.3 Å². The maximum Gasteiger partial charge on any atom is 0.0454 e. The second kappa shape index (κ2) is 8.38. The van der Waals surface area contributed by atoms with Crippen molar-refractivity contribution in [1.29, 1.82) is 0 Å². The van der Waals surface area contributed by atoms with E-state index in [1.165, 1.54) is 31.2 Å². The number of piperazine rings is 1. The van der Waals surface area contributed by atoms with Crippen molar-refractivity contribution in [2.24, 2.45) is 0 Å². The lowest BCUT2D eigenvalue weighted by Gasteiger charge is -2.36. The molecule has 1 aromatic carbocycles. The van der Waals surface area contributed by atoms with Crippen LogP contribution in [0.2, 0.25) is 5.02 Å². The molecule has 0 bridgehead atoms. The SMILES string of the molecule is CCCCC[C@@H](c1cc(Br)ccc1Cl)N1CCNCC1. The van der Waals surface area contributed by atoms with Crippen LogP contribution in [0.15, 0.2) is 22.7 Å². The Bertz CT molecular complexity index is 419. The summed E-state index contributed by atoms with van der Waals surface area (Å²) >= 11 is 10.0. The minimum Gasteiger partial charge on any atom is -0.314 e. The molecule has 0 saturated carbocycles. The maximum absolute atomic E-state index is 6.46. The van der Waals surface area contributed by atoms with E-state index in [1.807, 2.05) is 12.1 Å². The standard InChI is InChI=1S/C16H24BrClN2/c1-2-3-4-5-16(20-10-8-19-9-11-20)14-12-13(17)6-7-15(14)18/h6-7,12,16,19H,2-5,8-11H2,1H3/t16-/m0/s1. The number of unbranched alkanes of at least 4 members (excludes halogenated alkanes) is 2. The van der Waals surface area contributed by atoms with Gasteiger partial charge in [-0.05, 0) is 30.2 Å². The monoisotopic (exact) mass is 358 g/mol. The number of halogens is 2. The molecule has 0 radical (unpaired) electrons. The largest absolute Gasteiger partial charge is 0.314 e. The van der Waals surface area contributed by atoms with Crippen LogP contribution >= 0.6 is 27.5 Å². The predicted octanol–water partition coefficient (Wildman–Crippen LogP) is 4.63. The summed E-state index contributed by atoms with van der Waals surface area (Å²) in [4.78, 5) is 2.58. The second-order valence-corrected chi connectivity index (χ2v) is 6.79. The normalized spacial score (nSPS) is 18.1. The van der Waals surface area contributed by atoms with Crippen LogP contribution in [-0.4, -0.2) is 31.1 Å². The summed E-state index contributed by atoms with van der Waals surface area (Å²) in [6.07, 6.45) is 5.03. The van der Waals surface area contributed by atoms with Gasteiger partial charge in [0, 0.05) is 41.7 Å². The number of hydrogen-bond donors (Lipinski definition) is 1. The van der Waals surface area contributed by atoms with Crippen molar-refractivity contribution in [1.82, 2.24) is 10.2 Å². The van der Waals surface area contributed by atoms with Crippen LogP contribution in [0.25, 0.3) is 0 Å². The highest BCUT2D eigenvalue weighted by atomic mass is 79.9. The number of benzene rings is 1. The minimum absolute atomic E-state index is 0.452. The highest BCUT2D eigenvalue weighted by Gasteiger charge is 2.23. The van der Waals surface area contributed by atoms with Gasteiger partial charge in [-0.15, -0.1) is 0 Å². The minimum atomic E-state index is 0.452. The number of rotatable bonds is 6. The van der Waals surface area contributed by atoms with Crippen LogP contribution in [0.5, 0.6) is 0 Å². The summed E-state index contributed by atoms with van der Waals surface area (Å²) < 4.78 is 1.12. The van der Waals surface area contributed by atoms with Gasteiger partial charge in [0.05, 0.1) is 0 Å². The fraction of sp³-hybridized carbons (Fsp3) is 0.625. The summed E-state index contributed by atoms with van der Waals surface area (Å²) in [5.41, 5.74) is 1.28. The molecule has 0 aromatic heterocycles. The lowest BCUT2D eigenvalue weighted by molar-refractivity contribution is 0.163. The Morgan fingerprint density at radius 3 is 2.75 bits per heavy atom. The number of nitrogens with one attached hydrogen (secondary N) is 1. The Kier molecular flexibility index (Phi) is 6.82. The van der Waals surface area contributed by atoms with Gasteiger partial charge in [-0.2, -0.15) is 0 Å². The van der Waals surface area contributed by atoms with E-state index in [1.54, 1.807) is 0 Å². The van der Waals surface area contributed by atoms with Crippen molar-refractivity contribution in [3.8, 4) is 0 Å². The van der Waals surface area contributed by atoms with Gasteiger partial charge < -0.3 is 5.32 Å². The Balaban J connectivity index is 2.17. The zero-order chi connectivity index (χ0) is 14.4. The number of hydrogen-bond acceptors (Lipinski definition) is 2. The average molecular weight is 360 g/mol. The molecule has 1 fully saturated rings. The first kappa shape index (κ1) is 16.3. The van der Waals surface area contributed by atoms with Crippen molar-refractivity contribution < 1.29 is 0 Å². The zero-order valence-corrected chi connectivity index (χ0v) is 14.5. The molecule has 0 spiro atoms. The fourth-order valence-electron chi connectivity index (χ4n) is 2.89. The summed E-state index contributed by atoms with van der Waals surface area (Å²) in [7, 11) is 0. The molecule has 1 heterocycles. The topological polar surface area (TPSA) is 15.3 Å². The summed E-state index contributed by atoms with van der Waals surface area (Å²) in [5, 5.41) is 4.33. The summed E-state index contributed by atoms with van der Waals surface area (Å²) in [6.45, 7) is 6.64. The van der Waals surface area contributed by atoms with Gasteiger partial charge in [-0.3, -0.25) is 4.90 Å². The van der Waals surface area contributed by atoms with Crippen LogP contribution in [0.4, 0.5) is 0 Å². The van der Waals surface area contributed by atoms with Gasteiger partial charge in [-0.25, -0.2) is 0 Å². The van der Waals surface area contributed by atoms with E-state index in [2.05, 4.69) is 39.1 Å². The van der Waals surface area contributed by atoms with Gasteiger partial charge in [0.2, 0.25) is 0 Å². The second-order valence-electron chi connectivity index (χ2n) is 5.46. The van der Waals surface area contributed by atoms with Crippen LogP contribution in [0.1, 0.15) is 44.2 Å². The van der Waals surface area contributed by atoms with E-state index in [-0.39, 0.29) is 0 Å². The molecule has 0 aliphatic carbocycles. The molecular formula is C16H24BrClN2.